The average Bonchev–Trinajstić information content (AvgIpc) is 2.79. The van der Waals surface area contributed by atoms with E-state index in [-0.39, 0.29) is 5.97 Å². The first kappa shape index (κ1) is 21.1. The van der Waals surface area contributed by atoms with Crippen molar-refractivity contribution in [3.63, 3.8) is 0 Å². The van der Waals surface area contributed by atoms with Crippen molar-refractivity contribution >= 4 is 23.5 Å². The highest BCUT2D eigenvalue weighted by atomic mass is 16.5. The molecule has 0 saturated heterocycles. The quantitative estimate of drug-likeness (QED) is 0.450. The van der Waals surface area contributed by atoms with Crippen LogP contribution in [0.5, 0.6) is 5.75 Å². The Morgan fingerprint density at radius 3 is 2.39 bits per heavy atom. The summed E-state index contributed by atoms with van der Waals surface area (Å²) in [5.74, 6) is -2.86. The molecule has 2 aromatic carbocycles. The molecule has 4 rings (SSSR count). The van der Waals surface area contributed by atoms with Crippen molar-refractivity contribution in [3.05, 3.63) is 59.7 Å². The second-order valence-corrected chi connectivity index (χ2v) is 8.48. The second-order valence-electron chi connectivity index (χ2n) is 8.48. The minimum atomic E-state index is -1.14. The Labute approximate surface area is 181 Å². The average molecular weight is 421 g/mol. The lowest BCUT2D eigenvalue weighted by molar-refractivity contribution is -0.162. The zero-order chi connectivity index (χ0) is 22.0. The molecular formula is C25H27NO5. The van der Waals surface area contributed by atoms with Crippen molar-refractivity contribution in [2.75, 3.05) is 12.4 Å². The van der Waals surface area contributed by atoms with Crippen LogP contribution in [0.25, 0.3) is 0 Å². The Morgan fingerprint density at radius 2 is 1.71 bits per heavy atom. The lowest BCUT2D eigenvalue weighted by Crippen LogP contribution is -2.51. The van der Waals surface area contributed by atoms with Crippen LogP contribution in [0.4, 0.5) is 5.69 Å². The number of rotatable bonds is 4. The maximum Gasteiger partial charge on any atom is 0.324 e. The highest BCUT2D eigenvalue weighted by Crippen LogP contribution is 2.55. The van der Waals surface area contributed by atoms with Crippen LogP contribution < -0.4 is 10.1 Å². The molecule has 2 atom stereocenters. The van der Waals surface area contributed by atoms with Gasteiger partial charge in [-0.15, -0.1) is 0 Å². The van der Waals surface area contributed by atoms with Crippen LogP contribution in [0, 0.1) is 18.3 Å². The first-order chi connectivity index (χ1) is 15.0. The number of benzene rings is 2. The highest BCUT2D eigenvalue weighted by molar-refractivity contribution is 6.07. The third-order valence-corrected chi connectivity index (χ3v) is 6.59. The van der Waals surface area contributed by atoms with Gasteiger partial charge in [0.25, 0.3) is 0 Å². The number of ether oxygens (including phenoxy) is 2. The Balaban J connectivity index is 1.80. The number of esters is 2. The number of fused-ring (bicyclic) bond motifs is 1. The predicted molar refractivity (Wildman–Crippen MR) is 116 cm³/mol. The van der Waals surface area contributed by atoms with E-state index in [1.54, 1.807) is 24.3 Å². The molecular weight excluding hydrogens is 394 g/mol. The molecule has 0 aromatic heterocycles. The molecule has 1 aliphatic heterocycles. The number of para-hydroxylation sites is 1. The Morgan fingerprint density at radius 1 is 1.03 bits per heavy atom. The van der Waals surface area contributed by atoms with Crippen LogP contribution in [0.1, 0.15) is 49.1 Å². The van der Waals surface area contributed by atoms with E-state index in [1.807, 2.05) is 31.2 Å². The third kappa shape index (κ3) is 3.82. The summed E-state index contributed by atoms with van der Waals surface area (Å²) in [6, 6.07) is 14.5. The molecule has 1 aliphatic carbocycles. The fourth-order valence-electron chi connectivity index (χ4n) is 5.08. The Hall–Kier alpha value is -3.15. The topological polar surface area (TPSA) is 81.7 Å². The number of anilines is 1. The van der Waals surface area contributed by atoms with E-state index in [0.717, 1.165) is 24.8 Å². The minimum absolute atomic E-state index is 0.366. The first-order valence-corrected chi connectivity index (χ1v) is 10.7. The summed E-state index contributed by atoms with van der Waals surface area (Å²) in [6.45, 7) is 1.96. The summed E-state index contributed by atoms with van der Waals surface area (Å²) in [4.78, 5) is 39.7. The van der Waals surface area contributed by atoms with Gasteiger partial charge in [-0.05, 0) is 38.0 Å². The molecule has 1 amide bonds. The predicted octanol–water partition coefficient (Wildman–Crippen LogP) is 4.38. The molecule has 0 spiro atoms. The molecule has 0 bridgehead atoms. The van der Waals surface area contributed by atoms with Crippen molar-refractivity contribution < 1.29 is 23.9 Å². The lowest BCUT2D eigenvalue weighted by atomic mass is 9.59. The normalized spacial score (nSPS) is 22.1. The number of methoxy groups -OCH3 is 1. The standard InChI is InChI=1S/C25H27NO5/c1-16-10-12-17(13-11-16)26-22(27)20-21(18-8-4-5-9-19(18)31-23(20)28)25(24(29)30-2)14-6-3-7-15-25/h4-5,8-13,20-21H,3,6-7,14-15H2,1-2H3,(H,26,27)/t20-,21+/m0/s1. The van der Waals surface area contributed by atoms with Crippen molar-refractivity contribution in [1.29, 1.82) is 0 Å². The van der Waals surface area contributed by atoms with E-state index in [9.17, 15) is 14.4 Å². The van der Waals surface area contributed by atoms with Gasteiger partial charge in [0, 0.05) is 17.2 Å². The smallest absolute Gasteiger partial charge is 0.324 e. The van der Waals surface area contributed by atoms with E-state index in [4.69, 9.17) is 9.47 Å². The van der Waals surface area contributed by atoms with Gasteiger partial charge in [0.15, 0.2) is 0 Å². The van der Waals surface area contributed by atoms with Crippen LogP contribution in [-0.2, 0) is 19.1 Å². The zero-order valence-electron chi connectivity index (χ0n) is 17.9. The molecule has 0 unspecified atom stereocenters. The van der Waals surface area contributed by atoms with Crippen molar-refractivity contribution in [2.24, 2.45) is 11.3 Å². The summed E-state index contributed by atoms with van der Waals surface area (Å²) in [6.07, 6.45) is 3.84. The molecule has 2 aliphatic rings. The largest absolute Gasteiger partial charge is 0.469 e. The molecule has 2 aromatic rings. The maximum atomic E-state index is 13.4. The maximum absolute atomic E-state index is 13.4. The number of amides is 1. The summed E-state index contributed by atoms with van der Waals surface area (Å²) < 4.78 is 10.8. The molecule has 1 saturated carbocycles. The monoisotopic (exact) mass is 421 g/mol. The number of hydrogen-bond donors (Lipinski definition) is 1. The van der Waals surface area contributed by atoms with Crippen LogP contribution in [-0.4, -0.2) is 25.0 Å². The molecule has 162 valence electrons. The molecule has 1 N–H and O–H groups in total. The van der Waals surface area contributed by atoms with Crippen LogP contribution >= 0.6 is 0 Å². The number of carbonyl (C=O) groups is 3. The van der Waals surface area contributed by atoms with Gasteiger partial charge in [-0.3, -0.25) is 14.4 Å². The van der Waals surface area contributed by atoms with Gasteiger partial charge in [-0.1, -0.05) is 55.2 Å². The van der Waals surface area contributed by atoms with E-state index >= 15 is 0 Å². The van der Waals surface area contributed by atoms with E-state index in [1.165, 1.54) is 7.11 Å². The van der Waals surface area contributed by atoms with E-state index in [0.29, 0.717) is 29.8 Å². The molecule has 1 fully saturated rings. The summed E-state index contributed by atoms with van der Waals surface area (Å²) in [7, 11) is 1.37. The van der Waals surface area contributed by atoms with Crippen LogP contribution in [0.3, 0.4) is 0 Å². The SMILES string of the molecule is COC(=O)C1([C@@H]2c3ccccc3OC(=O)[C@@H]2C(=O)Nc2ccc(C)cc2)CCCCC1. The number of nitrogens with one attached hydrogen (secondary N) is 1. The lowest BCUT2D eigenvalue weighted by Gasteiger charge is -2.45. The molecule has 1 heterocycles. The number of aryl methyl sites for hydroxylation is 1. The van der Waals surface area contributed by atoms with Gasteiger partial charge in [0.1, 0.15) is 11.7 Å². The van der Waals surface area contributed by atoms with Crippen molar-refractivity contribution in [1.82, 2.24) is 0 Å². The van der Waals surface area contributed by atoms with Crippen LogP contribution in [0.15, 0.2) is 48.5 Å². The fraction of sp³-hybridized carbons (Fsp3) is 0.400. The van der Waals surface area contributed by atoms with Gasteiger partial charge in [0.05, 0.1) is 12.5 Å². The third-order valence-electron chi connectivity index (χ3n) is 6.59. The van der Waals surface area contributed by atoms with Gasteiger partial charge >= 0.3 is 11.9 Å². The zero-order valence-corrected chi connectivity index (χ0v) is 17.9. The fourth-order valence-corrected chi connectivity index (χ4v) is 5.08. The summed E-state index contributed by atoms with van der Waals surface area (Å²) in [5.41, 5.74) is 1.42. The number of carbonyl (C=O) groups excluding carboxylic acids is 3. The molecule has 31 heavy (non-hydrogen) atoms. The van der Waals surface area contributed by atoms with E-state index in [2.05, 4.69) is 5.32 Å². The second kappa shape index (κ2) is 8.53. The van der Waals surface area contributed by atoms with Gasteiger partial charge in [-0.25, -0.2) is 0 Å². The summed E-state index contributed by atoms with van der Waals surface area (Å²) in [5, 5.41) is 2.85. The Kier molecular flexibility index (Phi) is 5.81. The van der Waals surface area contributed by atoms with Crippen molar-refractivity contribution in [3.8, 4) is 5.75 Å². The summed E-state index contributed by atoms with van der Waals surface area (Å²) >= 11 is 0. The molecule has 6 heteroatoms. The molecule has 0 radical (unpaired) electrons. The number of hydrogen-bond acceptors (Lipinski definition) is 5. The molecule has 6 nitrogen and oxygen atoms in total. The van der Waals surface area contributed by atoms with Crippen molar-refractivity contribution in [2.45, 2.75) is 44.9 Å². The first-order valence-electron chi connectivity index (χ1n) is 10.7. The van der Waals surface area contributed by atoms with Gasteiger partial charge < -0.3 is 14.8 Å². The van der Waals surface area contributed by atoms with Gasteiger partial charge in [-0.2, -0.15) is 0 Å². The Bertz CT molecular complexity index is 991. The van der Waals surface area contributed by atoms with E-state index < -0.39 is 29.1 Å². The van der Waals surface area contributed by atoms with Gasteiger partial charge in [0.2, 0.25) is 5.91 Å². The highest BCUT2D eigenvalue weighted by Gasteiger charge is 2.57. The van der Waals surface area contributed by atoms with Crippen LogP contribution in [0.2, 0.25) is 0 Å². The minimum Gasteiger partial charge on any atom is -0.469 e.